The number of carbonyl (C=O) groups excluding carboxylic acids is 2. The van der Waals surface area contributed by atoms with E-state index in [1.54, 1.807) is 48.5 Å². The first-order chi connectivity index (χ1) is 16.6. The third kappa shape index (κ3) is 7.51. The molecule has 0 fully saturated rings. The summed E-state index contributed by atoms with van der Waals surface area (Å²) in [4.78, 5) is 25.0. The Balaban J connectivity index is 1.61. The van der Waals surface area contributed by atoms with E-state index >= 15 is 0 Å². The molecule has 3 aromatic rings. The minimum atomic E-state index is -0.488. The molecule has 0 heterocycles. The SMILES string of the molecule is N#Cc1ccc(C(=O)N[C@@H](CCC(=O)OCc2ccccc2)COc2cccc(C#N)c2)cc1. The molecule has 0 aliphatic heterocycles. The Labute approximate surface area is 198 Å². The first-order valence-electron chi connectivity index (χ1n) is 10.7. The number of nitrogens with zero attached hydrogens (tertiary/aromatic N) is 2. The maximum Gasteiger partial charge on any atom is 0.306 e. The largest absolute Gasteiger partial charge is 0.491 e. The lowest BCUT2D eigenvalue weighted by Crippen LogP contribution is -2.39. The lowest BCUT2D eigenvalue weighted by Gasteiger charge is -2.19. The fourth-order valence-electron chi connectivity index (χ4n) is 3.12. The van der Waals surface area contributed by atoms with Gasteiger partial charge in [0.2, 0.25) is 0 Å². The van der Waals surface area contributed by atoms with Crippen LogP contribution in [0.5, 0.6) is 5.75 Å². The van der Waals surface area contributed by atoms with Crippen molar-refractivity contribution >= 4 is 11.9 Å². The molecule has 0 bridgehead atoms. The minimum absolute atomic E-state index is 0.0900. The van der Waals surface area contributed by atoms with Gasteiger partial charge in [-0.05, 0) is 54.4 Å². The fourth-order valence-corrected chi connectivity index (χ4v) is 3.12. The highest BCUT2D eigenvalue weighted by atomic mass is 16.5. The standard InChI is InChI=1S/C27H23N3O4/c28-16-20-9-11-23(12-10-20)27(32)30-24(19-33-25-8-4-7-22(15-25)17-29)13-14-26(31)34-18-21-5-2-1-3-6-21/h1-12,15,24H,13-14,18-19H2,(H,30,32)/t24-/m0/s1. The monoisotopic (exact) mass is 453 g/mol. The van der Waals surface area contributed by atoms with Crippen LogP contribution >= 0.6 is 0 Å². The second-order valence-electron chi connectivity index (χ2n) is 7.50. The number of nitriles is 2. The summed E-state index contributed by atoms with van der Waals surface area (Å²) < 4.78 is 11.1. The summed E-state index contributed by atoms with van der Waals surface area (Å²) in [6.07, 6.45) is 0.389. The highest BCUT2D eigenvalue weighted by molar-refractivity contribution is 5.94. The average Bonchev–Trinajstić information content (AvgIpc) is 2.89. The van der Waals surface area contributed by atoms with Crippen molar-refractivity contribution in [2.75, 3.05) is 6.61 Å². The topological polar surface area (TPSA) is 112 Å². The average molecular weight is 453 g/mol. The molecule has 1 N–H and O–H groups in total. The summed E-state index contributed by atoms with van der Waals surface area (Å²) in [7, 11) is 0. The van der Waals surface area contributed by atoms with Gasteiger partial charge in [0.25, 0.3) is 5.91 Å². The van der Waals surface area contributed by atoms with Crippen molar-refractivity contribution in [2.45, 2.75) is 25.5 Å². The van der Waals surface area contributed by atoms with Crippen molar-refractivity contribution in [3.8, 4) is 17.9 Å². The molecule has 0 spiro atoms. The van der Waals surface area contributed by atoms with E-state index in [4.69, 9.17) is 20.0 Å². The highest BCUT2D eigenvalue weighted by Crippen LogP contribution is 2.14. The van der Waals surface area contributed by atoms with E-state index in [1.165, 1.54) is 0 Å². The number of carbonyl (C=O) groups is 2. The van der Waals surface area contributed by atoms with E-state index in [0.717, 1.165) is 5.56 Å². The Hall–Kier alpha value is -4.62. The summed E-state index contributed by atoms with van der Waals surface area (Å²) in [5, 5.41) is 20.9. The minimum Gasteiger partial charge on any atom is -0.491 e. The maximum atomic E-state index is 12.7. The number of nitrogens with one attached hydrogen (secondary N) is 1. The molecule has 1 amide bonds. The quantitative estimate of drug-likeness (QED) is 0.462. The molecule has 0 aliphatic rings. The third-order valence-corrected chi connectivity index (χ3v) is 4.97. The summed E-state index contributed by atoms with van der Waals surface area (Å²) in [6, 6.07) is 25.9. The maximum absolute atomic E-state index is 12.7. The van der Waals surface area contributed by atoms with Gasteiger partial charge in [0, 0.05) is 12.0 Å². The van der Waals surface area contributed by atoms with Crippen LogP contribution in [0.15, 0.2) is 78.9 Å². The molecule has 3 aromatic carbocycles. The van der Waals surface area contributed by atoms with Crippen molar-refractivity contribution in [1.29, 1.82) is 10.5 Å². The van der Waals surface area contributed by atoms with Crippen LogP contribution in [-0.2, 0) is 16.1 Å². The van der Waals surface area contributed by atoms with Gasteiger partial charge < -0.3 is 14.8 Å². The Bertz CT molecular complexity index is 1200. The zero-order valence-corrected chi connectivity index (χ0v) is 18.4. The Morgan fingerprint density at radius 2 is 1.62 bits per heavy atom. The zero-order valence-electron chi connectivity index (χ0n) is 18.4. The molecular weight excluding hydrogens is 430 g/mol. The number of esters is 1. The number of amides is 1. The van der Waals surface area contributed by atoms with Gasteiger partial charge in [-0.15, -0.1) is 0 Å². The second kappa shape index (κ2) is 12.4. The van der Waals surface area contributed by atoms with E-state index in [0.29, 0.717) is 28.9 Å². The van der Waals surface area contributed by atoms with Gasteiger partial charge in [-0.2, -0.15) is 10.5 Å². The molecule has 170 valence electrons. The molecule has 0 saturated heterocycles. The molecule has 0 saturated carbocycles. The van der Waals surface area contributed by atoms with Crippen LogP contribution < -0.4 is 10.1 Å². The van der Waals surface area contributed by atoms with E-state index in [-0.39, 0.29) is 31.5 Å². The number of hydrogen-bond donors (Lipinski definition) is 1. The lowest BCUT2D eigenvalue weighted by molar-refractivity contribution is -0.145. The molecule has 0 radical (unpaired) electrons. The molecule has 34 heavy (non-hydrogen) atoms. The van der Waals surface area contributed by atoms with Crippen LogP contribution in [0.4, 0.5) is 0 Å². The molecule has 0 unspecified atom stereocenters. The highest BCUT2D eigenvalue weighted by Gasteiger charge is 2.17. The van der Waals surface area contributed by atoms with Crippen LogP contribution in [0.2, 0.25) is 0 Å². The predicted octanol–water partition coefficient (Wildman–Crippen LogP) is 4.13. The van der Waals surface area contributed by atoms with Crippen LogP contribution in [0.1, 0.15) is 39.9 Å². The second-order valence-corrected chi connectivity index (χ2v) is 7.50. The van der Waals surface area contributed by atoms with E-state index in [2.05, 4.69) is 11.4 Å². The molecule has 7 nitrogen and oxygen atoms in total. The number of benzene rings is 3. The first-order valence-corrected chi connectivity index (χ1v) is 10.7. The normalized spacial score (nSPS) is 10.9. The molecular formula is C27H23N3O4. The Morgan fingerprint density at radius 1 is 0.882 bits per heavy atom. The van der Waals surface area contributed by atoms with Gasteiger partial charge in [0.05, 0.1) is 29.3 Å². The Morgan fingerprint density at radius 3 is 2.32 bits per heavy atom. The smallest absolute Gasteiger partial charge is 0.306 e. The van der Waals surface area contributed by atoms with Crippen LogP contribution in [0.25, 0.3) is 0 Å². The summed E-state index contributed by atoms with van der Waals surface area (Å²) >= 11 is 0. The fraction of sp³-hybridized carbons (Fsp3) is 0.185. The predicted molar refractivity (Wildman–Crippen MR) is 125 cm³/mol. The molecule has 7 heteroatoms. The van der Waals surface area contributed by atoms with E-state index in [9.17, 15) is 9.59 Å². The Kier molecular flexibility index (Phi) is 8.78. The molecule has 0 aliphatic carbocycles. The van der Waals surface area contributed by atoms with Gasteiger partial charge in [-0.3, -0.25) is 9.59 Å². The van der Waals surface area contributed by atoms with Gasteiger partial charge in [0.1, 0.15) is 19.0 Å². The molecule has 0 aromatic heterocycles. The zero-order chi connectivity index (χ0) is 24.2. The summed E-state index contributed by atoms with van der Waals surface area (Å²) in [5.41, 5.74) is 2.19. The number of ether oxygens (including phenoxy) is 2. The molecule has 3 rings (SSSR count). The number of rotatable bonds is 10. The van der Waals surface area contributed by atoms with Crippen LogP contribution in [0.3, 0.4) is 0 Å². The van der Waals surface area contributed by atoms with E-state index < -0.39 is 6.04 Å². The van der Waals surface area contributed by atoms with Gasteiger partial charge in [0.15, 0.2) is 0 Å². The first kappa shape index (κ1) is 24.0. The summed E-state index contributed by atoms with van der Waals surface area (Å²) in [5.74, 6) is -0.238. The van der Waals surface area contributed by atoms with Gasteiger partial charge in [-0.25, -0.2) is 0 Å². The summed E-state index contributed by atoms with van der Waals surface area (Å²) in [6.45, 7) is 0.280. The van der Waals surface area contributed by atoms with Crippen molar-refractivity contribution in [3.05, 3.63) is 101 Å². The van der Waals surface area contributed by atoms with Crippen molar-refractivity contribution < 1.29 is 19.1 Å². The number of hydrogen-bond acceptors (Lipinski definition) is 6. The van der Waals surface area contributed by atoms with Crippen LogP contribution in [-0.4, -0.2) is 24.5 Å². The molecule has 1 atom stereocenters. The van der Waals surface area contributed by atoms with Crippen LogP contribution in [0, 0.1) is 22.7 Å². The van der Waals surface area contributed by atoms with Crippen molar-refractivity contribution in [3.63, 3.8) is 0 Å². The van der Waals surface area contributed by atoms with Crippen molar-refractivity contribution in [1.82, 2.24) is 5.32 Å². The van der Waals surface area contributed by atoms with Gasteiger partial charge in [-0.1, -0.05) is 36.4 Å². The van der Waals surface area contributed by atoms with Crippen molar-refractivity contribution in [2.24, 2.45) is 0 Å². The lowest BCUT2D eigenvalue weighted by atomic mass is 10.1. The van der Waals surface area contributed by atoms with Gasteiger partial charge >= 0.3 is 5.97 Å². The van der Waals surface area contributed by atoms with E-state index in [1.807, 2.05) is 36.4 Å². The third-order valence-electron chi connectivity index (χ3n) is 4.97.